The quantitative estimate of drug-likeness (QED) is 0.201. The third-order valence-corrected chi connectivity index (χ3v) is 9.12. The second kappa shape index (κ2) is 16.4. The number of likely N-dealkylation sites (N-methyl/N-ethyl adjacent to an activating group) is 1. The Morgan fingerprint density at radius 3 is 2.43 bits per heavy atom. The summed E-state index contributed by atoms with van der Waals surface area (Å²) in [6.07, 6.45) is -0.146. The van der Waals surface area contributed by atoms with E-state index in [1.54, 1.807) is 32.8 Å². The van der Waals surface area contributed by atoms with Gasteiger partial charge in [-0.1, -0.05) is 13.8 Å². The highest BCUT2D eigenvalue weighted by atomic mass is 16.7. The monoisotopic (exact) mass is 599 g/mol. The Morgan fingerprint density at radius 1 is 1.21 bits per heavy atom. The van der Waals surface area contributed by atoms with E-state index in [4.69, 9.17) is 18.9 Å². The fourth-order valence-corrected chi connectivity index (χ4v) is 6.48. The fourth-order valence-electron chi connectivity index (χ4n) is 6.48. The zero-order valence-electron chi connectivity index (χ0n) is 27.6. The number of rotatable bonds is 16. The van der Waals surface area contributed by atoms with E-state index in [2.05, 4.69) is 12.2 Å². The second-order valence-corrected chi connectivity index (χ2v) is 13.0. The summed E-state index contributed by atoms with van der Waals surface area (Å²) < 4.78 is 24.2. The van der Waals surface area contributed by atoms with Crippen molar-refractivity contribution in [1.29, 1.82) is 0 Å². The molecule has 0 spiro atoms. The maximum Gasteiger partial charge on any atom is 0.316 e. The molecule has 10 atom stereocenters. The summed E-state index contributed by atoms with van der Waals surface area (Å²) in [5.41, 5.74) is -0.919. The molecule has 0 saturated carbocycles. The lowest BCUT2D eigenvalue weighted by atomic mass is 9.78. The summed E-state index contributed by atoms with van der Waals surface area (Å²) in [4.78, 5) is 42.1. The van der Waals surface area contributed by atoms with Crippen molar-refractivity contribution < 1.29 is 38.4 Å². The first kappa shape index (κ1) is 36.6. The van der Waals surface area contributed by atoms with Crippen molar-refractivity contribution in [3.63, 3.8) is 0 Å². The molecule has 2 aliphatic heterocycles. The van der Waals surface area contributed by atoms with E-state index < -0.39 is 41.9 Å². The van der Waals surface area contributed by atoms with Crippen molar-refractivity contribution in [3.8, 4) is 0 Å². The molecule has 1 amide bonds. The summed E-state index contributed by atoms with van der Waals surface area (Å²) in [6.45, 7) is 13.1. The Hall–Kier alpha value is -1.63. The van der Waals surface area contributed by atoms with Crippen LogP contribution < -0.4 is 5.32 Å². The molecule has 0 aromatic heterocycles. The Balaban J connectivity index is 2.19. The van der Waals surface area contributed by atoms with Crippen LogP contribution in [0.1, 0.15) is 67.2 Å². The van der Waals surface area contributed by atoms with E-state index in [-0.39, 0.29) is 42.3 Å². The van der Waals surface area contributed by atoms with Gasteiger partial charge in [0.15, 0.2) is 12.1 Å². The Bertz CT molecular complexity index is 888. The molecular weight excluding hydrogens is 542 g/mol. The van der Waals surface area contributed by atoms with Crippen LogP contribution in [0.4, 0.5) is 0 Å². The van der Waals surface area contributed by atoms with Crippen LogP contribution in [0.2, 0.25) is 0 Å². The normalized spacial score (nSPS) is 29.0. The molecule has 2 rings (SSSR count). The molecule has 11 nitrogen and oxygen atoms in total. The van der Waals surface area contributed by atoms with E-state index in [1.165, 1.54) is 0 Å². The Morgan fingerprint density at radius 2 is 1.88 bits per heavy atom. The van der Waals surface area contributed by atoms with Gasteiger partial charge >= 0.3 is 5.97 Å². The third-order valence-electron chi connectivity index (χ3n) is 9.12. The summed E-state index contributed by atoms with van der Waals surface area (Å²) >= 11 is 0. The number of hydrogen-bond acceptors (Lipinski definition) is 10. The van der Waals surface area contributed by atoms with Crippen molar-refractivity contribution in [2.75, 3.05) is 54.5 Å². The lowest BCUT2D eigenvalue weighted by Gasteiger charge is -2.46. The molecule has 2 N–H and O–H groups in total. The predicted molar refractivity (Wildman–Crippen MR) is 160 cm³/mol. The Kier molecular flexibility index (Phi) is 14.3. The van der Waals surface area contributed by atoms with Gasteiger partial charge < -0.3 is 39.2 Å². The third kappa shape index (κ3) is 9.69. The molecule has 0 bridgehead atoms. The van der Waals surface area contributed by atoms with Crippen LogP contribution >= 0.6 is 0 Å². The van der Waals surface area contributed by atoms with Gasteiger partial charge in [0.1, 0.15) is 12.0 Å². The first-order valence-corrected chi connectivity index (χ1v) is 15.5. The molecule has 244 valence electrons. The summed E-state index contributed by atoms with van der Waals surface area (Å²) in [5.74, 6) is -2.14. The van der Waals surface area contributed by atoms with E-state index >= 15 is 0 Å². The van der Waals surface area contributed by atoms with E-state index in [0.29, 0.717) is 25.8 Å². The SMILES string of the molecule is CNC[C@H](C)C[C@@](C)(OC)[C@H](OC1OC(C)CC(N(C)C)[C@H]1O)[C@@H](C)C(=O)C(C)C(=O)OCCC1CCN(C(C)=O)C1. The van der Waals surface area contributed by atoms with E-state index in [1.807, 2.05) is 39.9 Å². The molecule has 2 aliphatic rings. The van der Waals surface area contributed by atoms with Gasteiger partial charge in [-0.3, -0.25) is 14.4 Å². The zero-order chi connectivity index (χ0) is 31.8. The summed E-state index contributed by atoms with van der Waals surface area (Å²) in [7, 11) is 7.29. The number of amides is 1. The standard InChI is InChI=1S/C31H57N3O8/c1-19(17-32-7)16-31(6,39-10)28(42-30-27(37)25(33(8)9)15-20(2)41-30)21(3)26(36)22(4)29(38)40-14-12-24-11-13-34(18-24)23(5)35/h19-22,24-25,27-28,30,32,37H,11-18H2,1-10H3/t19-,20?,21+,22?,24?,25?,27-,28-,30?,31-/m1/s1. The summed E-state index contributed by atoms with van der Waals surface area (Å²) in [6, 6.07) is -0.182. The van der Waals surface area contributed by atoms with Crippen LogP contribution in [0.3, 0.4) is 0 Å². The molecule has 2 heterocycles. The van der Waals surface area contributed by atoms with Crippen molar-refractivity contribution in [3.05, 3.63) is 0 Å². The average Bonchev–Trinajstić information content (AvgIpc) is 3.41. The van der Waals surface area contributed by atoms with Crippen molar-refractivity contribution in [2.45, 2.75) is 103 Å². The highest BCUT2D eigenvalue weighted by Crippen LogP contribution is 2.36. The average molecular weight is 600 g/mol. The highest BCUT2D eigenvalue weighted by molar-refractivity contribution is 5.99. The van der Waals surface area contributed by atoms with E-state index in [0.717, 1.165) is 19.5 Å². The number of hydrogen-bond donors (Lipinski definition) is 2. The fraction of sp³-hybridized carbons (Fsp3) is 0.903. The summed E-state index contributed by atoms with van der Waals surface area (Å²) in [5, 5.41) is 14.4. The van der Waals surface area contributed by atoms with Crippen LogP contribution in [0, 0.1) is 23.7 Å². The number of methoxy groups -OCH3 is 1. The van der Waals surface area contributed by atoms with Crippen LogP contribution in [0.15, 0.2) is 0 Å². The van der Waals surface area contributed by atoms with Gasteiger partial charge in [-0.15, -0.1) is 0 Å². The van der Waals surface area contributed by atoms with Crippen LogP contribution in [-0.4, -0.2) is 123 Å². The minimum absolute atomic E-state index is 0.0562. The topological polar surface area (TPSA) is 127 Å². The van der Waals surface area contributed by atoms with Crippen molar-refractivity contribution in [2.24, 2.45) is 23.7 Å². The number of likely N-dealkylation sites (tertiary alicyclic amines) is 1. The smallest absolute Gasteiger partial charge is 0.316 e. The van der Waals surface area contributed by atoms with Gasteiger partial charge in [0, 0.05) is 39.1 Å². The van der Waals surface area contributed by atoms with Crippen LogP contribution in [0.25, 0.3) is 0 Å². The maximum absolute atomic E-state index is 13.8. The van der Waals surface area contributed by atoms with Crippen molar-refractivity contribution >= 4 is 17.7 Å². The molecule has 42 heavy (non-hydrogen) atoms. The van der Waals surface area contributed by atoms with Gasteiger partial charge in [-0.25, -0.2) is 0 Å². The van der Waals surface area contributed by atoms with Gasteiger partial charge in [-0.05, 0) is 86.0 Å². The zero-order valence-corrected chi connectivity index (χ0v) is 27.6. The molecule has 5 unspecified atom stereocenters. The largest absolute Gasteiger partial charge is 0.465 e. The van der Waals surface area contributed by atoms with E-state index in [9.17, 15) is 19.5 Å². The molecular formula is C31H57N3O8. The molecule has 2 saturated heterocycles. The second-order valence-electron chi connectivity index (χ2n) is 13.0. The maximum atomic E-state index is 13.8. The van der Waals surface area contributed by atoms with Gasteiger partial charge in [0.25, 0.3) is 0 Å². The first-order valence-electron chi connectivity index (χ1n) is 15.5. The molecule has 11 heteroatoms. The molecule has 0 aromatic carbocycles. The number of nitrogens with zero attached hydrogens (tertiary/aromatic N) is 2. The molecule has 2 fully saturated rings. The minimum atomic E-state index is -1.01. The molecule has 0 aliphatic carbocycles. The van der Waals surface area contributed by atoms with Gasteiger partial charge in [0.05, 0.1) is 24.4 Å². The minimum Gasteiger partial charge on any atom is -0.465 e. The van der Waals surface area contributed by atoms with Crippen molar-refractivity contribution in [1.82, 2.24) is 15.1 Å². The number of aliphatic hydroxyl groups excluding tert-OH is 1. The first-order chi connectivity index (χ1) is 19.6. The number of ketones is 1. The Labute approximate surface area is 252 Å². The van der Waals surface area contributed by atoms with Gasteiger partial charge in [0.2, 0.25) is 5.91 Å². The lowest BCUT2D eigenvalue weighted by Crippen LogP contribution is -2.59. The molecule has 0 radical (unpaired) electrons. The number of aliphatic hydroxyl groups is 1. The number of nitrogens with one attached hydrogen (secondary N) is 1. The highest BCUT2D eigenvalue weighted by Gasteiger charge is 2.48. The van der Waals surface area contributed by atoms with Gasteiger partial charge in [-0.2, -0.15) is 0 Å². The number of carbonyl (C=O) groups excluding carboxylic acids is 3. The number of esters is 1. The van der Waals surface area contributed by atoms with Crippen LogP contribution in [-0.2, 0) is 33.3 Å². The number of ether oxygens (including phenoxy) is 4. The number of carbonyl (C=O) groups is 3. The predicted octanol–water partition coefficient (Wildman–Crippen LogP) is 2.09. The lowest BCUT2D eigenvalue weighted by molar-refractivity contribution is -0.295. The molecule has 0 aromatic rings. The van der Waals surface area contributed by atoms with Crippen LogP contribution in [0.5, 0.6) is 0 Å². The number of Topliss-reactive ketones (excluding diaryl/α,β-unsaturated/α-hetero) is 1.